The molecule has 0 saturated heterocycles. The molecular weight excluding hydrogens is 468 g/mol. The van der Waals surface area contributed by atoms with E-state index in [-0.39, 0.29) is 12.3 Å². The molecule has 0 bridgehead atoms. The Balaban J connectivity index is 2.84. The zero-order valence-corrected chi connectivity index (χ0v) is 19.3. The van der Waals surface area contributed by atoms with Gasteiger partial charge in [-0.15, -0.1) is 0 Å². The largest absolute Gasteiger partial charge is 0.369 e. The third-order valence-electron chi connectivity index (χ3n) is 4.57. The van der Waals surface area contributed by atoms with E-state index in [0.717, 1.165) is 0 Å². The van der Waals surface area contributed by atoms with Gasteiger partial charge in [0.15, 0.2) is 0 Å². The molecular formula is C17H29N3O10P2. The number of nitrogens with one attached hydrogen (secondary N) is 2. The van der Waals surface area contributed by atoms with Crippen molar-refractivity contribution < 1.29 is 48.2 Å². The molecule has 182 valence electrons. The Morgan fingerprint density at radius 1 is 1.09 bits per heavy atom. The van der Waals surface area contributed by atoms with Gasteiger partial charge in [0, 0.05) is 19.4 Å². The van der Waals surface area contributed by atoms with Crippen molar-refractivity contribution >= 4 is 27.1 Å². The van der Waals surface area contributed by atoms with Crippen LogP contribution in [0.5, 0.6) is 0 Å². The molecule has 1 aromatic rings. The van der Waals surface area contributed by atoms with Crippen molar-refractivity contribution in [1.82, 2.24) is 10.8 Å². The summed E-state index contributed by atoms with van der Waals surface area (Å²) in [6, 6.07) is 6.55. The highest BCUT2D eigenvalue weighted by Crippen LogP contribution is 2.68. The van der Waals surface area contributed by atoms with Gasteiger partial charge >= 0.3 is 21.2 Å². The summed E-state index contributed by atoms with van der Waals surface area (Å²) in [7, 11) is -11.3. The van der Waals surface area contributed by atoms with Crippen LogP contribution in [0.4, 0.5) is 0 Å². The van der Waals surface area contributed by atoms with Gasteiger partial charge in [0.2, 0.25) is 5.91 Å². The second-order valence-corrected chi connectivity index (χ2v) is 11.5. The van der Waals surface area contributed by atoms with E-state index in [0.29, 0.717) is 5.56 Å². The molecule has 0 heterocycles. The zero-order chi connectivity index (χ0) is 24.7. The van der Waals surface area contributed by atoms with Crippen molar-refractivity contribution in [2.75, 3.05) is 6.54 Å². The normalized spacial score (nSPS) is 14.7. The number of hydrogen-bond acceptors (Lipinski definition) is 8. The molecule has 0 aliphatic rings. The van der Waals surface area contributed by atoms with E-state index in [1.54, 1.807) is 44.2 Å². The minimum absolute atomic E-state index is 0.0345. The van der Waals surface area contributed by atoms with Gasteiger partial charge in [0.05, 0.1) is 6.04 Å². The summed E-state index contributed by atoms with van der Waals surface area (Å²) in [5, 5.41) is 8.63. The fourth-order valence-electron chi connectivity index (χ4n) is 2.49. The van der Waals surface area contributed by atoms with Crippen molar-refractivity contribution in [1.29, 1.82) is 0 Å². The smallest absolute Gasteiger partial charge is 0.369 e. The molecule has 0 aliphatic carbocycles. The van der Waals surface area contributed by atoms with Crippen molar-refractivity contribution in [3.05, 3.63) is 35.9 Å². The van der Waals surface area contributed by atoms with Crippen molar-refractivity contribution in [2.45, 2.75) is 43.9 Å². The lowest BCUT2D eigenvalue weighted by Gasteiger charge is -2.29. The Bertz CT molecular complexity index is 849. The van der Waals surface area contributed by atoms with Gasteiger partial charge in [-0.25, -0.2) is 4.79 Å². The van der Waals surface area contributed by atoms with Gasteiger partial charge in [-0.1, -0.05) is 44.2 Å². The SMILES string of the molecule is CC(C)[C@H](N)C(=O)NC(Cc1ccccc1)C(=O)ONCCC(O)(P(=O)(O)O)P(=O)(O)O. The Morgan fingerprint density at radius 2 is 1.62 bits per heavy atom. The van der Waals surface area contributed by atoms with E-state index in [1.807, 2.05) is 5.48 Å². The number of carbonyl (C=O) groups is 2. The Hall–Kier alpha value is -1.66. The molecule has 13 nitrogen and oxygen atoms in total. The first-order valence-electron chi connectivity index (χ1n) is 9.47. The first-order chi connectivity index (χ1) is 14.6. The summed E-state index contributed by atoms with van der Waals surface area (Å²) < 4.78 is 22.7. The van der Waals surface area contributed by atoms with Crippen LogP contribution >= 0.6 is 15.2 Å². The van der Waals surface area contributed by atoms with Crippen molar-refractivity contribution in [3.63, 3.8) is 0 Å². The van der Waals surface area contributed by atoms with Crippen LogP contribution < -0.4 is 16.5 Å². The molecule has 0 fully saturated rings. The molecule has 1 aromatic carbocycles. The minimum atomic E-state index is -5.64. The third-order valence-corrected chi connectivity index (χ3v) is 8.45. The molecule has 0 radical (unpaired) electrons. The summed E-state index contributed by atoms with van der Waals surface area (Å²) >= 11 is 0. The van der Waals surface area contributed by atoms with Gasteiger partial charge in [0.25, 0.3) is 5.08 Å². The fourth-order valence-corrected chi connectivity index (χ4v) is 4.65. The third kappa shape index (κ3) is 7.73. The molecule has 0 aromatic heterocycles. The van der Waals surface area contributed by atoms with E-state index < -0.39 is 57.2 Å². The first-order valence-corrected chi connectivity index (χ1v) is 12.7. The maximum atomic E-state index is 12.5. The van der Waals surface area contributed by atoms with E-state index in [4.69, 9.17) is 30.1 Å². The Kier molecular flexibility index (Phi) is 10.2. The lowest BCUT2D eigenvalue weighted by molar-refractivity contribution is -0.155. The summed E-state index contributed by atoms with van der Waals surface area (Å²) in [4.78, 5) is 66.0. The quantitative estimate of drug-likeness (QED) is 0.100. The Morgan fingerprint density at radius 3 is 2.09 bits per heavy atom. The van der Waals surface area contributed by atoms with Gasteiger partial charge in [0.1, 0.15) is 6.04 Å². The van der Waals surface area contributed by atoms with Gasteiger partial charge in [-0.2, -0.15) is 5.48 Å². The Labute approximate surface area is 184 Å². The summed E-state index contributed by atoms with van der Waals surface area (Å²) in [6.07, 6.45) is -1.10. The van der Waals surface area contributed by atoms with Crippen LogP contribution in [0.15, 0.2) is 30.3 Å². The van der Waals surface area contributed by atoms with E-state index in [9.17, 15) is 23.8 Å². The topological polar surface area (TPSA) is 229 Å². The number of hydrogen-bond donors (Lipinski definition) is 8. The zero-order valence-electron chi connectivity index (χ0n) is 17.5. The van der Waals surface area contributed by atoms with Gasteiger partial charge in [-0.3, -0.25) is 13.9 Å². The number of carbonyl (C=O) groups excluding carboxylic acids is 2. The molecule has 0 aliphatic heterocycles. The molecule has 2 atom stereocenters. The van der Waals surface area contributed by atoms with Crippen molar-refractivity contribution in [3.8, 4) is 0 Å². The summed E-state index contributed by atoms with van der Waals surface area (Å²) in [6.45, 7) is 2.73. The number of rotatable bonds is 12. The van der Waals surface area contributed by atoms with E-state index in [2.05, 4.69) is 5.32 Å². The molecule has 9 N–H and O–H groups in total. The fraction of sp³-hybridized carbons (Fsp3) is 0.529. The standard InChI is InChI=1S/C17H29N3O10P2/c1-11(2)14(18)15(21)20-13(10-12-6-4-3-5-7-12)16(22)30-19-9-8-17(23,31(24,25)26)32(27,28)29/h3-7,11,13-14,19,23H,8-10,18H2,1-2H3,(H,20,21)(H2,24,25,26)(H2,27,28,29)/t13?,14-/m0/s1. The van der Waals surface area contributed by atoms with Crippen LogP contribution in [0.3, 0.4) is 0 Å². The highest BCUT2D eigenvalue weighted by atomic mass is 31.2. The predicted molar refractivity (Wildman–Crippen MR) is 113 cm³/mol. The number of benzene rings is 1. The number of aliphatic hydroxyl groups is 1. The lowest BCUT2D eigenvalue weighted by atomic mass is 10.0. The molecule has 0 spiro atoms. The monoisotopic (exact) mass is 497 g/mol. The highest BCUT2D eigenvalue weighted by molar-refractivity contribution is 7.72. The van der Waals surface area contributed by atoms with E-state index >= 15 is 0 Å². The number of nitrogens with two attached hydrogens (primary N) is 1. The summed E-state index contributed by atoms with van der Waals surface area (Å²) in [5.41, 5.74) is 8.48. The molecule has 1 amide bonds. The van der Waals surface area contributed by atoms with Crippen LogP contribution in [-0.2, 0) is 30.0 Å². The van der Waals surface area contributed by atoms with Crippen LogP contribution in [0.2, 0.25) is 0 Å². The average molecular weight is 497 g/mol. The van der Waals surface area contributed by atoms with Gasteiger partial charge < -0.3 is 40.6 Å². The highest BCUT2D eigenvalue weighted by Gasteiger charge is 2.58. The second-order valence-electron chi connectivity index (χ2n) is 7.45. The maximum Gasteiger partial charge on any atom is 0.369 e. The van der Waals surface area contributed by atoms with Crippen molar-refractivity contribution in [2.24, 2.45) is 11.7 Å². The molecule has 1 rings (SSSR count). The lowest BCUT2D eigenvalue weighted by Crippen LogP contribution is -2.52. The van der Waals surface area contributed by atoms with Crippen LogP contribution in [0, 0.1) is 5.92 Å². The maximum absolute atomic E-state index is 12.5. The molecule has 15 heteroatoms. The summed E-state index contributed by atoms with van der Waals surface area (Å²) in [5.74, 6) is -1.80. The predicted octanol–water partition coefficient (Wildman–Crippen LogP) is -0.863. The second kappa shape index (κ2) is 11.5. The molecule has 32 heavy (non-hydrogen) atoms. The molecule has 1 unspecified atom stereocenters. The van der Waals surface area contributed by atoms with Crippen LogP contribution in [0.1, 0.15) is 25.8 Å². The first kappa shape index (κ1) is 28.4. The average Bonchev–Trinajstić information content (AvgIpc) is 2.68. The van der Waals surface area contributed by atoms with E-state index in [1.165, 1.54) is 0 Å². The minimum Gasteiger partial charge on any atom is -0.369 e. The van der Waals surface area contributed by atoms with Crippen LogP contribution in [-0.4, -0.2) is 60.3 Å². The van der Waals surface area contributed by atoms with Gasteiger partial charge in [-0.05, 0) is 11.5 Å². The number of hydroxylamine groups is 1. The molecule has 0 saturated carbocycles. The van der Waals surface area contributed by atoms with Crippen LogP contribution in [0.25, 0.3) is 0 Å². The number of amides is 1.